The first-order chi connectivity index (χ1) is 14.2. The van der Waals surface area contributed by atoms with E-state index in [0.29, 0.717) is 36.7 Å². The van der Waals surface area contributed by atoms with Gasteiger partial charge in [-0.1, -0.05) is 23.7 Å². The van der Waals surface area contributed by atoms with Crippen molar-refractivity contribution in [2.45, 2.75) is 19.3 Å². The van der Waals surface area contributed by atoms with Crippen LogP contribution in [0.1, 0.15) is 18.7 Å². The average molecular weight is 413 g/mol. The molecule has 4 rings (SSSR count). The maximum Gasteiger partial charge on any atom is 0.220 e. The van der Waals surface area contributed by atoms with Crippen molar-refractivity contribution < 1.29 is 9.53 Å². The van der Waals surface area contributed by atoms with Crippen molar-refractivity contribution in [1.82, 2.24) is 29.5 Å². The molecule has 0 atom stereocenters. The number of benzene rings is 1. The molecule has 29 heavy (non-hydrogen) atoms. The van der Waals surface area contributed by atoms with E-state index < -0.39 is 0 Å². The van der Waals surface area contributed by atoms with Crippen LogP contribution in [0.3, 0.4) is 0 Å². The number of hydrogen-bond donors (Lipinski definition) is 1. The summed E-state index contributed by atoms with van der Waals surface area (Å²) in [5, 5.41) is 16.8. The minimum atomic E-state index is -0.00620. The third kappa shape index (κ3) is 4.23. The van der Waals surface area contributed by atoms with E-state index in [1.54, 1.807) is 11.6 Å². The summed E-state index contributed by atoms with van der Waals surface area (Å²) in [7, 11) is 1.65. The molecule has 3 aromatic heterocycles. The Labute approximate surface area is 172 Å². The monoisotopic (exact) mass is 412 g/mol. The van der Waals surface area contributed by atoms with Crippen LogP contribution >= 0.6 is 11.6 Å². The van der Waals surface area contributed by atoms with Gasteiger partial charge >= 0.3 is 0 Å². The van der Waals surface area contributed by atoms with Crippen LogP contribution in [0.2, 0.25) is 5.02 Å². The first-order valence-corrected chi connectivity index (χ1v) is 9.77. The Balaban J connectivity index is 1.52. The van der Waals surface area contributed by atoms with Crippen molar-refractivity contribution in [3.8, 4) is 11.3 Å². The SMILES string of the molecule is COCCCNC(=O)CCc1nnc2c3cc(-c4ccc(Cl)cc4)nn3ccn12. The number of carbonyl (C=O) groups is 1. The molecule has 8 nitrogen and oxygen atoms in total. The summed E-state index contributed by atoms with van der Waals surface area (Å²) in [6.07, 6.45) is 5.39. The number of hydrogen-bond acceptors (Lipinski definition) is 5. The minimum absolute atomic E-state index is 0.00620. The van der Waals surface area contributed by atoms with Gasteiger partial charge in [-0.25, -0.2) is 4.52 Å². The highest BCUT2D eigenvalue weighted by Gasteiger charge is 2.13. The fourth-order valence-electron chi connectivity index (χ4n) is 3.15. The van der Waals surface area contributed by atoms with E-state index in [2.05, 4.69) is 20.6 Å². The summed E-state index contributed by atoms with van der Waals surface area (Å²) in [4.78, 5) is 12.0. The zero-order valence-corrected chi connectivity index (χ0v) is 16.8. The number of ether oxygens (including phenoxy) is 1. The van der Waals surface area contributed by atoms with Gasteiger partial charge in [-0.3, -0.25) is 9.20 Å². The molecule has 0 aliphatic carbocycles. The molecular formula is C20H21ClN6O2. The van der Waals surface area contributed by atoms with Gasteiger partial charge in [-0.15, -0.1) is 10.2 Å². The van der Waals surface area contributed by atoms with Crippen LogP contribution in [0.5, 0.6) is 0 Å². The molecule has 0 spiro atoms. The number of aromatic nitrogens is 5. The number of aryl methyl sites for hydroxylation is 1. The molecular weight excluding hydrogens is 392 g/mol. The lowest BCUT2D eigenvalue weighted by Crippen LogP contribution is -2.25. The number of amides is 1. The lowest BCUT2D eigenvalue weighted by Gasteiger charge is -2.04. The smallest absolute Gasteiger partial charge is 0.220 e. The molecule has 1 aromatic carbocycles. The van der Waals surface area contributed by atoms with Gasteiger partial charge in [0.25, 0.3) is 0 Å². The van der Waals surface area contributed by atoms with Gasteiger partial charge in [0.15, 0.2) is 5.65 Å². The lowest BCUT2D eigenvalue weighted by molar-refractivity contribution is -0.121. The Hall–Kier alpha value is -2.97. The Morgan fingerprint density at radius 3 is 2.83 bits per heavy atom. The number of methoxy groups -OCH3 is 1. The van der Waals surface area contributed by atoms with E-state index in [-0.39, 0.29) is 5.91 Å². The fourth-order valence-corrected chi connectivity index (χ4v) is 3.28. The molecule has 0 saturated carbocycles. The van der Waals surface area contributed by atoms with Gasteiger partial charge < -0.3 is 10.1 Å². The molecule has 0 radical (unpaired) electrons. The van der Waals surface area contributed by atoms with Crippen LogP contribution in [0.25, 0.3) is 22.4 Å². The highest BCUT2D eigenvalue weighted by molar-refractivity contribution is 6.30. The topological polar surface area (TPSA) is 85.8 Å². The maximum absolute atomic E-state index is 12.0. The Morgan fingerprint density at radius 1 is 1.21 bits per heavy atom. The summed E-state index contributed by atoms with van der Waals surface area (Å²) in [5.41, 5.74) is 3.35. The summed E-state index contributed by atoms with van der Waals surface area (Å²) < 4.78 is 8.66. The van der Waals surface area contributed by atoms with E-state index in [0.717, 1.165) is 29.0 Å². The lowest BCUT2D eigenvalue weighted by atomic mass is 10.1. The standard InChI is InChI=1S/C20H21ClN6O2/c1-29-12-2-9-22-19(28)8-7-18-23-24-20-17-13-16(14-3-5-15(21)6-4-14)25-27(17)11-10-26(18)20/h3-6,10-11,13H,2,7-9,12H2,1H3,(H,22,28). The quantitative estimate of drug-likeness (QED) is 0.450. The molecule has 0 fully saturated rings. The molecule has 0 aliphatic heterocycles. The van der Waals surface area contributed by atoms with Crippen molar-refractivity contribution in [2.75, 3.05) is 20.3 Å². The van der Waals surface area contributed by atoms with Crippen LogP contribution < -0.4 is 5.32 Å². The van der Waals surface area contributed by atoms with Crippen LogP contribution in [-0.2, 0) is 16.0 Å². The van der Waals surface area contributed by atoms with Crippen molar-refractivity contribution in [3.05, 3.63) is 53.6 Å². The number of nitrogens with one attached hydrogen (secondary N) is 1. The first kappa shape index (κ1) is 19.4. The second-order valence-electron chi connectivity index (χ2n) is 6.67. The second-order valence-corrected chi connectivity index (χ2v) is 7.11. The molecule has 9 heteroatoms. The van der Waals surface area contributed by atoms with Gasteiger partial charge in [0, 0.05) is 56.1 Å². The second kappa shape index (κ2) is 8.59. The number of rotatable bonds is 8. The highest BCUT2D eigenvalue weighted by atomic mass is 35.5. The van der Waals surface area contributed by atoms with Gasteiger partial charge in [0.1, 0.15) is 11.3 Å². The largest absolute Gasteiger partial charge is 0.385 e. The van der Waals surface area contributed by atoms with Gasteiger partial charge in [0.05, 0.1) is 5.69 Å². The first-order valence-electron chi connectivity index (χ1n) is 9.39. The van der Waals surface area contributed by atoms with Gasteiger partial charge in [0.2, 0.25) is 5.91 Å². The van der Waals surface area contributed by atoms with Crippen LogP contribution in [-0.4, -0.2) is 50.4 Å². The molecule has 3 heterocycles. The number of carbonyl (C=O) groups excluding carboxylic acids is 1. The van der Waals surface area contributed by atoms with Crippen LogP contribution in [0, 0.1) is 0 Å². The average Bonchev–Trinajstić information content (AvgIpc) is 3.34. The van der Waals surface area contributed by atoms with Gasteiger partial charge in [-0.2, -0.15) is 5.10 Å². The van der Waals surface area contributed by atoms with Crippen molar-refractivity contribution in [3.63, 3.8) is 0 Å². The predicted octanol–water partition coefficient (Wildman–Crippen LogP) is 2.78. The fraction of sp³-hybridized carbons (Fsp3) is 0.300. The van der Waals surface area contributed by atoms with E-state index in [4.69, 9.17) is 16.3 Å². The summed E-state index contributed by atoms with van der Waals surface area (Å²) in [6.45, 7) is 1.24. The third-order valence-corrected chi connectivity index (χ3v) is 4.90. The van der Waals surface area contributed by atoms with E-state index in [1.807, 2.05) is 47.1 Å². The van der Waals surface area contributed by atoms with Crippen LogP contribution in [0.15, 0.2) is 42.7 Å². The Kier molecular flexibility index (Phi) is 5.73. The zero-order chi connectivity index (χ0) is 20.2. The van der Waals surface area contributed by atoms with Crippen molar-refractivity contribution in [1.29, 1.82) is 0 Å². The summed E-state index contributed by atoms with van der Waals surface area (Å²) >= 11 is 5.97. The molecule has 0 bridgehead atoms. The molecule has 1 N–H and O–H groups in total. The summed E-state index contributed by atoms with van der Waals surface area (Å²) in [6, 6.07) is 9.52. The molecule has 150 valence electrons. The maximum atomic E-state index is 12.0. The van der Waals surface area contributed by atoms with E-state index in [1.165, 1.54) is 0 Å². The number of fused-ring (bicyclic) bond motifs is 3. The van der Waals surface area contributed by atoms with Crippen molar-refractivity contribution in [2.24, 2.45) is 0 Å². The van der Waals surface area contributed by atoms with Gasteiger partial charge in [-0.05, 0) is 24.6 Å². The van der Waals surface area contributed by atoms with E-state index >= 15 is 0 Å². The van der Waals surface area contributed by atoms with E-state index in [9.17, 15) is 4.79 Å². The summed E-state index contributed by atoms with van der Waals surface area (Å²) in [5.74, 6) is 0.733. The predicted molar refractivity (Wildman–Crippen MR) is 110 cm³/mol. The molecule has 0 saturated heterocycles. The molecule has 0 aliphatic rings. The highest BCUT2D eigenvalue weighted by Crippen LogP contribution is 2.23. The Morgan fingerprint density at radius 2 is 2.03 bits per heavy atom. The van der Waals surface area contributed by atoms with Crippen LogP contribution in [0.4, 0.5) is 0 Å². The molecule has 0 unspecified atom stereocenters. The Bertz CT molecular complexity index is 1140. The molecule has 4 aromatic rings. The minimum Gasteiger partial charge on any atom is -0.385 e. The molecule has 1 amide bonds. The number of halogens is 1. The van der Waals surface area contributed by atoms with Crippen molar-refractivity contribution >= 4 is 28.7 Å². The zero-order valence-electron chi connectivity index (χ0n) is 16.0. The third-order valence-electron chi connectivity index (χ3n) is 4.65. The normalized spacial score (nSPS) is 11.4. The number of nitrogens with zero attached hydrogens (tertiary/aromatic N) is 5.